The van der Waals surface area contributed by atoms with Gasteiger partial charge in [-0.15, -0.1) is 0 Å². The van der Waals surface area contributed by atoms with Crippen LogP contribution in [0.1, 0.15) is 47.2 Å². The average Bonchev–Trinajstić information content (AvgIpc) is 3.40. The minimum absolute atomic E-state index is 0.263. The molecule has 7 heteroatoms. The summed E-state index contributed by atoms with van der Waals surface area (Å²) in [5, 5.41) is 7.75. The molecule has 3 aromatic heterocycles. The van der Waals surface area contributed by atoms with Crippen LogP contribution in [0.5, 0.6) is 0 Å². The molecule has 3 aromatic rings. The van der Waals surface area contributed by atoms with E-state index in [1.807, 2.05) is 25.3 Å². The van der Waals surface area contributed by atoms with Gasteiger partial charge in [-0.3, -0.25) is 9.88 Å². The summed E-state index contributed by atoms with van der Waals surface area (Å²) in [5.41, 5.74) is 4.57. The Morgan fingerprint density at radius 3 is 3.21 bits per heavy atom. The molecule has 2 aliphatic heterocycles. The number of piperidine rings is 1. The summed E-state index contributed by atoms with van der Waals surface area (Å²) in [5.74, 6) is 2.68. The molecule has 0 radical (unpaired) electrons. The van der Waals surface area contributed by atoms with Crippen molar-refractivity contribution in [2.45, 2.75) is 45.2 Å². The lowest BCUT2D eigenvalue weighted by molar-refractivity contribution is 0.169. The standard InChI is InChI=1S/C21H25N5O2/c1-14-19(18-6-7-22-10-16(18)11-23-14)20-24-21(28-25-20)15-4-2-8-26(12-15)13-17-5-3-9-27-17/h3,5,9,11,15,22H,2,4,6-8,10,12-13H2,1H3. The largest absolute Gasteiger partial charge is 0.468 e. The van der Waals surface area contributed by atoms with E-state index in [0.29, 0.717) is 5.82 Å². The number of fused-ring (bicyclic) bond motifs is 1. The fourth-order valence-electron chi connectivity index (χ4n) is 4.39. The second-order valence-corrected chi connectivity index (χ2v) is 7.76. The van der Waals surface area contributed by atoms with Crippen molar-refractivity contribution in [1.82, 2.24) is 25.3 Å². The molecule has 0 amide bonds. The summed E-state index contributed by atoms with van der Waals surface area (Å²) in [6.45, 7) is 6.66. The Morgan fingerprint density at radius 1 is 1.36 bits per heavy atom. The average molecular weight is 379 g/mol. The van der Waals surface area contributed by atoms with Gasteiger partial charge in [0.2, 0.25) is 11.7 Å². The van der Waals surface area contributed by atoms with Gasteiger partial charge in [0.05, 0.1) is 18.7 Å². The van der Waals surface area contributed by atoms with E-state index in [9.17, 15) is 0 Å². The quantitative estimate of drug-likeness (QED) is 0.746. The molecule has 1 N–H and O–H groups in total. The first-order valence-electron chi connectivity index (χ1n) is 10.0. The van der Waals surface area contributed by atoms with Crippen LogP contribution in [0.4, 0.5) is 0 Å². The van der Waals surface area contributed by atoms with Gasteiger partial charge in [0, 0.05) is 30.5 Å². The zero-order valence-corrected chi connectivity index (χ0v) is 16.1. The molecule has 0 aromatic carbocycles. The molecule has 5 rings (SSSR count). The third-order valence-electron chi connectivity index (χ3n) is 5.81. The van der Waals surface area contributed by atoms with Crippen molar-refractivity contribution in [2.75, 3.05) is 19.6 Å². The van der Waals surface area contributed by atoms with E-state index in [4.69, 9.17) is 13.9 Å². The van der Waals surface area contributed by atoms with E-state index in [-0.39, 0.29) is 5.92 Å². The van der Waals surface area contributed by atoms with Crippen LogP contribution in [-0.2, 0) is 19.5 Å². The summed E-state index contributed by atoms with van der Waals surface area (Å²) in [6.07, 6.45) is 6.86. The number of likely N-dealkylation sites (tertiary alicyclic amines) is 1. The highest BCUT2D eigenvalue weighted by molar-refractivity contribution is 5.64. The summed E-state index contributed by atoms with van der Waals surface area (Å²) in [7, 11) is 0. The summed E-state index contributed by atoms with van der Waals surface area (Å²) in [6, 6.07) is 3.96. The SMILES string of the molecule is Cc1ncc2c(c1-c1noc(C3CCCN(Cc4ccco4)C3)n1)CCNC2. The molecule has 1 unspecified atom stereocenters. The zero-order chi connectivity index (χ0) is 18.9. The third-order valence-corrected chi connectivity index (χ3v) is 5.81. The van der Waals surface area contributed by atoms with Gasteiger partial charge >= 0.3 is 0 Å². The molecular formula is C21H25N5O2. The Morgan fingerprint density at radius 2 is 2.32 bits per heavy atom. The predicted molar refractivity (Wildman–Crippen MR) is 104 cm³/mol. The maximum absolute atomic E-state index is 5.73. The minimum Gasteiger partial charge on any atom is -0.468 e. The first kappa shape index (κ1) is 17.6. The number of hydrogen-bond acceptors (Lipinski definition) is 7. The van der Waals surface area contributed by atoms with Crippen LogP contribution in [0, 0.1) is 6.92 Å². The van der Waals surface area contributed by atoms with Crippen molar-refractivity contribution in [1.29, 1.82) is 0 Å². The van der Waals surface area contributed by atoms with Gasteiger partial charge < -0.3 is 14.3 Å². The number of pyridine rings is 1. The maximum atomic E-state index is 5.73. The van der Waals surface area contributed by atoms with Gasteiger partial charge in [0.1, 0.15) is 5.76 Å². The topological polar surface area (TPSA) is 80.2 Å². The maximum Gasteiger partial charge on any atom is 0.231 e. The van der Waals surface area contributed by atoms with E-state index in [1.54, 1.807) is 6.26 Å². The highest BCUT2D eigenvalue weighted by Gasteiger charge is 2.28. The van der Waals surface area contributed by atoms with E-state index >= 15 is 0 Å². The minimum atomic E-state index is 0.263. The van der Waals surface area contributed by atoms with Crippen molar-refractivity contribution in [3.63, 3.8) is 0 Å². The van der Waals surface area contributed by atoms with E-state index in [2.05, 4.69) is 20.4 Å². The lowest BCUT2D eigenvalue weighted by atomic mass is 9.95. The first-order valence-corrected chi connectivity index (χ1v) is 10.0. The molecule has 28 heavy (non-hydrogen) atoms. The van der Waals surface area contributed by atoms with Crippen LogP contribution in [-0.4, -0.2) is 39.7 Å². The summed E-state index contributed by atoms with van der Waals surface area (Å²) >= 11 is 0. The number of hydrogen-bond donors (Lipinski definition) is 1. The first-order chi connectivity index (χ1) is 13.8. The number of aromatic nitrogens is 3. The van der Waals surface area contributed by atoms with Gasteiger partial charge in [0.15, 0.2) is 0 Å². The zero-order valence-electron chi connectivity index (χ0n) is 16.1. The molecule has 0 spiro atoms. The smallest absolute Gasteiger partial charge is 0.231 e. The normalized spacial score (nSPS) is 20.2. The molecule has 2 aliphatic rings. The van der Waals surface area contributed by atoms with Gasteiger partial charge in [-0.05, 0) is 62.5 Å². The molecule has 5 heterocycles. The van der Waals surface area contributed by atoms with Crippen LogP contribution in [0.3, 0.4) is 0 Å². The van der Waals surface area contributed by atoms with Gasteiger partial charge in [-0.2, -0.15) is 4.98 Å². The highest BCUT2D eigenvalue weighted by atomic mass is 16.5. The van der Waals surface area contributed by atoms with Crippen molar-refractivity contribution < 1.29 is 8.94 Å². The fraction of sp³-hybridized carbons (Fsp3) is 0.476. The lowest BCUT2D eigenvalue weighted by Crippen LogP contribution is -2.33. The number of furan rings is 1. The molecule has 0 saturated carbocycles. The molecule has 1 atom stereocenters. The van der Waals surface area contributed by atoms with Crippen LogP contribution in [0.2, 0.25) is 0 Å². The predicted octanol–water partition coefficient (Wildman–Crippen LogP) is 3.06. The Labute approximate surface area is 164 Å². The van der Waals surface area contributed by atoms with Crippen LogP contribution >= 0.6 is 0 Å². The summed E-state index contributed by atoms with van der Waals surface area (Å²) < 4.78 is 11.2. The van der Waals surface area contributed by atoms with Gasteiger partial charge in [-0.25, -0.2) is 0 Å². The molecule has 0 bridgehead atoms. The molecule has 1 fully saturated rings. The van der Waals surface area contributed by atoms with Crippen molar-refractivity contribution in [3.05, 3.63) is 53.1 Å². The molecule has 146 valence electrons. The number of aryl methyl sites for hydroxylation is 1. The van der Waals surface area contributed by atoms with Crippen molar-refractivity contribution in [3.8, 4) is 11.4 Å². The van der Waals surface area contributed by atoms with Crippen LogP contribution in [0.25, 0.3) is 11.4 Å². The monoisotopic (exact) mass is 379 g/mol. The Hall–Kier alpha value is -2.51. The van der Waals surface area contributed by atoms with Crippen LogP contribution in [0.15, 0.2) is 33.5 Å². The third kappa shape index (κ3) is 3.36. The molecule has 1 saturated heterocycles. The Bertz CT molecular complexity index is 950. The van der Waals surface area contributed by atoms with Gasteiger partial charge in [0.25, 0.3) is 0 Å². The lowest BCUT2D eigenvalue weighted by Gasteiger charge is -2.30. The van der Waals surface area contributed by atoms with E-state index < -0.39 is 0 Å². The second-order valence-electron chi connectivity index (χ2n) is 7.76. The molecule has 7 nitrogen and oxygen atoms in total. The molecular weight excluding hydrogens is 354 g/mol. The van der Waals surface area contributed by atoms with Crippen LogP contribution < -0.4 is 5.32 Å². The number of nitrogens with zero attached hydrogens (tertiary/aromatic N) is 4. The highest BCUT2D eigenvalue weighted by Crippen LogP contribution is 2.32. The second kappa shape index (κ2) is 7.48. The van der Waals surface area contributed by atoms with E-state index in [0.717, 1.165) is 74.9 Å². The van der Waals surface area contributed by atoms with Gasteiger partial charge in [-0.1, -0.05) is 5.16 Å². The van der Waals surface area contributed by atoms with Crippen molar-refractivity contribution >= 4 is 0 Å². The number of rotatable bonds is 4. The fourth-order valence-corrected chi connectivity index (χ4v) is 4.39. The van der Waals surface area contributed by atoms with Crippen molar-refractivity contribution in [2.24, 2.45) is 0 Å². The summed E-state index contributed by atoms with van der Waals surface area (Å²) in [4.78, 5) is 11.8. The Balaban J connectivity index is 1.38. The van der Waals surface area contributed by atoms with E-state index in [1.165, 1.54) is 11.1 Å². The number of nitrogens with one attached hydrogen (secondary N) is 1. The Kier molecular flexibility index (Phi) is 4.70. The molecule has 0 aliphatic carbocycles.